The first-order valence-electron chi connectivity index (χ1n) is 6.68. The molecule has 6 nitrogen and oxygen atoms in total. The Balaban J connectivity index is 2.19. The van der Waals surface area contributed by atoms with E-state index < -0.39 is 0 Å². The molecule has 0 aliphatic rings. The minimum absolute atomic E-state index is 0.218. The minimum Gasteiger partial charge on any atom is -0.493 e. The molecule has 0 fully saturated rings. The van der Waals surface area contributed by atoms with Crippen LogP contribution in [0, 0.1) is 6.92 Å². The van der Waals surface area contributed by atoms with E-state index in [4.69, 9.17) is 9.47 Å². The van der Waals surface area contributed by atoms with Crippen molar-refractivity contribution in [3.63, 3.8) is 0 Å². The van der Waals surface area contributed by atoms with Crippen LogP contribution in [-0.4, -0.2) is 29.4 Å². The van der Waals surface area contributed by atoms with Crippen LogP contribution in [0.1, 0.15) is 23.1 Å². The highest BCUT2D eigenvalue weighted by Crippen LogP contribution is 2.30. The molecule has 1 aromatic heterocycles. The van der Waals surface area contributed by atoms with Crippen molar-refractivity contribution in [2.75, 3.05) is 19.0 Å². The number of amides is 1. The Labute approximate surface area is 123 Å². The topological polar surface area (TPSA) is 65.4 Å². The van der Waals surface area contributed by atoms with Gasteiger partial charge in [0.15, 0.2) is 11.5 Å². The number of hydrogen-bond acceptors (Lipinski definition) is 4. The molecule has 1 amide bonds. The largest absolute Gasteiger partial charge is 0.493 e. The maximum Gasteiger partial charge on any atom is 0.273 e. The summed E-state index contributed by atoms with van der Waals surface area (Å²) in [5, 5.41) is 6.98. The minimum atomic E-state index is -0.218. The van der Waals surface area contributed by atoms with Crippen molar-refractivity contribution in [3.05, 3.63) is 35.7 Å². The fourth-order valence-corrected chi connectivity index (χ4v) is 2.04. The van der Waals surface area contributed by atoms with Crippen LogP contribution in [0.15, 0.2) is 24.3 Å². The van der Waals surface area contributed by atoms with Gasteiger partial charge >= 0.3 is 0 Å². The molecule has 2 aromatic rings. The van der Waals surface area contributed by atoms with Gasteiger partial charge < -0.3 is 14.8 Å². The number of anilines is 1. The fourth-order valence-electron chi connectivity index (χ4n) is 2.04. The third kappa shape index (κ3) is 3.34. The second-order valence-corrected chi connectivity index (χ2v) is 4.55. The second-order valence-electron chi connectivity index (χ2n) is 4.55. The lowest BCUT2D eigenvalue weighted by atomic mass is 10.2. The van der Waals surface area contributed by atoms with Crippen molar-refractivity contribution in [1.82, 2.24) is 9.78 Å². The van der Waals surface area contributed by atoms with Crippen LogP contribution in [0.4, 0.5) is 5.69 Å². The molecular formula is C15H19N3O3. The third-order valence-corrected chi connectivity index (χ3v) is 2.96. The highest BCUT2D eigenvalue weighted by molar-refractivity contribution is 6.03. The molecule has 6 heteroatoms. The summed E-state index contributed by atoms with van der Waals surface area (Å²) in [6, 6.07) is 7.01. The Bertz CT molecular complexity index is 650. The van der Waals surface area contributed by atoms with E-state index in [1.807, 2.05) is 13.8 Å². The van der Waals surface area contributed by atoms with E-state index in [2.05, 4.69) is 10.4 Å². The quantitative estimate of drug-likeness (QED) is 0.918. The molecule has 0 spiro atoms. The molecule has 0 saturated carbocycles. The van der Waals surface area contributed by atoms with E-state index in [1.165, 1.54) is 0 Å². The van der Waals surface area contributed by atoms with Gasteiger partial charge in [0.05, 0.1) is 19.4 Å². The van der Waals surface area contributed by atoms with Gasteiger partial charge in [0.1, 0.15) is 5.69 Å². The Morgan fingerprint density at radius 3 is 2.67 bits per heavy atom. The zero-order valence-corrected chi connectivity index (χ0v) is 12.6. The zero-order chi connectivity index (χ0) is 15.4. The third-order valence-electron chi connectivity index (χ3n) is 2.96. The van der Waals surface area contributed by atoms with Crippen LogP contribution >= 0.6 is 0 Å². The number of methoxy groups -OCH3 is 1. The molecule has 0 aliphatic heterocycles. The Kier molecular flexibility index (Phi) is 4.47. The molecule has 0 radical (unpaired) electrons. The molecule has 0 saturated heterocycles. The second kappa shape index (κ2) is 6.30. The summed E-state index contributed by atoms with van der Waals surface area (Å²) in [6.07, 6.45) is 0. The summed E-state index contributed by atoms with van der Waals surface area (Å²) in [5.74, 6) is 1.01. The first-order chi connectivity index (χ1) is 10.0. The van der Waals surface area contributed by atoms with Crippen molar-refractivity contribution < 1.29 is 14.3 Å². The van der Waals surface area contributed by atoms with Crippen molar-refractivity contribution >= 4 is 11.6 Å². The first kappa shape index (κ1) is 14.9. The average molecular weight is 289 g/mol. The zero-order valence-electron chi connectivity index (χ0n) is 12.6. The van der Waals surface area contributed by atoms with Crippen LogP contribution in [0.2, 0.25) is 0 Å². The standard InChI is InChI=1S/C15H19N3O3/c1-5-21-13-7-6-11(9-14(13)20-4)16-15(19)12-8-10(2)17-18(12)3/h6-9H,5H2,1-4H3,(H,16,19). The van der Waals surface area contributed by atoms with Crippen LogP contribution < -0.4 is 14.8 Å². The van der Waals surface area contributed by atoms with E-state index in [1.54, 1.807) is 43.1 Å². The van der Waals surface area contributed by atoms with E-state index in [-0.39, 0.29) is 5.91 Å². The fraction of sp³-hybridized carbons (Fsp3) is 0.333. The molecule has 21 heavy (non-hydrogen) atoms. The van der Waals surface area contributed by atoms with Crippen LogP contribution in [0.25, 0.3) is 0 Å². The number of benzene rings is 1. The molecule has 0 unspecified atom stereocenters. The summed E-state index contributed by atoms with van der Waals surface area (Å²) in [6.45, 7) is 4.30. The van der Waals surface area contributed by atoms with Crippen LogP contribution in [0.3, 0.4) is 0 Å². The van der Waals surface area contributed by atoms with Crippen molar-refractivity contribution in [3.8, 4) is 11.5 Å². The van der Waals surface area contributed by atoms with E-state index in [9.17, 15) is 4.79 Å². The highest BCUT2D eigenvalue weighted by Gasteiger charge is 2.13. The molecule has 1 aromatic carbocycles. The van der Waals surface area contributed by atoms with Crippen molar-refractivity contribution in [2.24, 2.45) is 7.05 Å². The van der Waals surface area contributed by atoms with Gasteiger partial charge in [-0.1, -0.05) is 0 Å². The Morgan fingerprint density at radius 1 is 1.33 bits per heavy atom. The summed E-state index contributed by atoms with van der Waals surface area (Å²) in [7, 11) is 3.30. The number of hydrogen-bond donors (Lipinski definition) is 1. The average Bonchev–Trinajstić information content (AvgIpc) is 2.79. The number of rotatable bonds is 5. The summed E-state index contributed by atoms with van der Waals surface area (Å²) < 4.78 is 12.3. The molecule has 0 bridgehead atoms. The maximum absolute atomic E-state index is 12.2. The molecule has 112 valence electrons. The maximum atomic E-state index is 12.2. The van der Waals surface area contributed by atoms with E-state index in [0.717, 1.165) is 5.69 Å². The van der Waals surface area contributed by atoms with Gasteiger partial charge in [-0.05, 0) is 32.0 Å². The summed E-state index contributed by atoms with van der Waals surface area (Å²) in [5.41, 5.74) is 1.94. The predicted octanol–water partition coefficient (Wildman–Crippen LogP) is 2.39. The normalized spacial score (nSPS) is 10.3. The first-order valence-corrected chi connectivity index (χ1v) is 6.68. The SMILES string of the molecule is CCOc1ccc(NC(=O)c2cc(C)nn2C)cc1OC. The molecule has 1 heterocycles. The summed E-state index contributed by atoms with van der Waals surface area (Å²) in [4.78, 5) is 12.2. The molecule has 0 atom stereocenters. The van der Waals surface area contributed by atoms with Crippen LogP contribution in [-0.2, 0) is 7.05 Å². The predicted molar refractivity (Wildman–Crippen MR) is 80.1 cm³/mol. The van der Waals surface area contributed by atoms with Gasteiger partial charge in [0.25, 0.3) is 5.91 Å². The number of aryl methyl sites for hydroxylation is 2. The lowest BCUT2D eigenvalue weighted by Gasteiger charge is -2.11. The van der Waals surface area contributed by atoms with Gasteiger partial charge in [0, 0.05) is 18.8 Å². The van der Waals surface area contributed by atoms with Crippen molar-refractivity contribution in [2.45, 2.75) is 13.8 Å². The number of carbonyl (C=O) groups excluding carboxylic acids is 1. The van der Waals surface area contributed by atoms with Crippen molar-refractivity contribution in [1.29, 1.82) is 0 Å². The van der Waals surface area contributed by atoms with Gasteiger partial charge in [-0.3, -0.25) is 9.48 Å². The molecule has 0 aliphatic carbocycles. The number of ether oxygens (including phenoxy) is 2. The van der Waals surface area contributed by atoms with Gasteiger partial charge in [-0.25, -0.2) is 0 Å². The Hall–Kier alpha value is -2.50. The monoisotopic (exact) mass is 289 g/mol. The Morgan fingerprint density at radius 2 is 2.10 bits per heavy atom. The smallest absolute Gasteiger partial charge is 0.273 e. The number of nitrogens with one attached hydrogen (secondary N) is 1. The van der Waals surface area contributed by atoms with Crippen LogP contribution in [0.5, 0.6) is 11.5 Å². The highest BCUT2D eigenvalue weighted by atomic mass is 16.5. The molecule has 2 rings (SSSR count). The van der Waals surface area contributed by atoms with Gasteiger partial charge in [0.2, 0.25) is 0 Å². The van der Waals surface area contributed by atoms with Gasteiger partial charge in [-0.2, -0.15) is 5.10 Å². The van der Waals surface area contributed by atoms with Gasteiger partial charge in [-0.15, -0.1) is 0 Å². The summed E-state index contributed by atoms with van der Waals surface area (Å²) >= 11 is 0. The number of nitrogens with zero attached hydrogens (tertiary/aromatic N) is 2. The number of aromatic nitrogens is 2. The molecule has 1 N–H and O–H groups in total. The van der Waals surface area contributed by atoms with E-state index >= 15 is 0 Å². The lowest BCUT2D eigenvalue weighted by Crippen LogP contribution is -2.16. The van der Waals surface area contributed by atoms with E-state index in [0.29, 0.717) is 29.5 Å². The lowest BCUT2D eigenvalue weighted by molar-refractivity contribution is 0.101. The molecular weight excluding hydrogens is 270 g/mol. The number of carbonyl (C=O) groups is 1.